The third-order valence-electron chi connectivity index (χ3n) is 1.49. The van der Waals surface area contributed by atoms with E-state index in [9.17, 15) is 4.79 Å². The normalized spacial score (nSPS) is 12.5. The highest BCUT2D eigenvalue weighted by Gasteiger charge is 2.16. The van der Waals surface area contributed by atoms with E-state index in [2.05, 4.69) is 15.9 Å². The number of hydrogen-bond acceptors (Lipinski definition) is 2. The van der Waals surface area contributed by atoms with Crippen molar-refractivity contribution in [1.29, 1.82) is 0 Å². The summed E-state index contributed by atoms with van der Waals surface area (Å²) in [6.07, 6.45) is -1.52. The highest BCUT2D eigenvalue weighted by molar-refractivity contribution is 9.10. The van der Waals surface area contributed by atoms with Crippen molar-refractivity contribution in [2.45, 2.75) is 6.10 Å². The lowest BCUT2D eigenvalue weighted by atomic mass is 10.1. The molecule has 13 heavy (non-hydrogen) atoms. The van der Waals surface area contributed by atoms with Crippen LogP contribution in [0.1, 0.15) is 11.7 Å². The van der Waals surface area contributed by atoms with Gasteiger partial charge in [0.1, 0.15) is 0 Å². The number of aliphatic hydroxyl groups excluding tert-OH is 1. The van der Waals surface area contributed by atoms with Crippen LogP contribution in [0.2, 0.25) is 5.02 Å². The van der Waals surface area contributed by atoms with Gasteiger partial charge in [0.25, 0.3) is 0 Å². The van der Waals surface area contributed by atoms with Gasteiger partial charge in [-0.05, 0) is 33.6 Å². The standard InChI is InChI=1S/C8H6BrClO3/c9-5-2-1-4(3-6(5)10)7(11)8(12)13/h1-3,7,11H,(H,12,13). The van der Waals surface area contributed by atoms with Gasteiger partial charge in [0.05, 0.1) is 5.02 Å². The maximum Gasteiger partial charge on any atom is 0.337 e. The Hall–Kier alpha value is -0.580. The van der Waals surface area contributed by atoms with Crippen LogP contribution in [0, 0.1) is 0 Å². The molecule has 0 aliphatic rings. The number of halogens is 2. The Morgan fingerprint density at radius 2 is 2.15 bits per heavy atom. The van der Waals surface area contributed by atoms with Gasteiger partial charge in [-0.15, -0.1) is 0 Å². The molecule has 0 aromatic heterocycles. The molecule has 1 atom stereocenters. The number of aliphatic hydroxyl groups is 1. The molecule has 2 N–H and O–H groups in total. The zero-order valence-corrected chi connectivity index (χ0v) is 8.71. The molecule has 0 fully saturated rings. The number of rotatable bonds is 2. The van der Waals surface area contributed by atoms with Crippen LogP contribution < -0.4 is 0 Å². The topological polar surface area (TPSA) is 57.5 Å². The van der Waals surface area contributed by atoms with Gasteiger partial charge in [0, 0.05) is 4.47 Å². The van der Waals surface area contributed by atoms with Crippen LogP contribution >= 0.6 is 27.5 Å². The number of carboxylic acid groups (broad SMARTS) is 1. The zero-order valence-electron chi connectivity index (χ0n) is 6.37. The summed E-state index contributed by atoms with van der Waals surface area (Å²) < 4.78 is 0.663. The van der Waals surface area contributed by atoms with E-state index in [4.69, 9.17) is 21.8 Å². The second-order valence-corrected chi connectivity index (χ2v) is 3.68. The van der Waals surface area contributed by atoms with E-state index < -0.39 is 12.1 Å². The van der Waals surface area contributed by atoms with Gasteiger partial charge in [-0.2, -0.15) is 0 Å². The molecule has 0 amide bonds. The summed E-state index contributed by atoms with van der Waals surface area (Å²) in [5.74, 6) is -1.29. The number of aliphatic carboxylic acids is 1. The molecule has 70 valence electrons. The van der Waals surface area contributed by atoms with Crippen molar-refractivity contribution in [3.05, 3.63) is 33.3 Å². The van der Waals surface area contributed by atoms with Crippen LogP contribution in [0.4, 0.5) is 0 Å². The van der Waals surface area contributed by atoms with Gasteiger partial charge in [0.2, 0.25) is 0 Å². The number of carbonyl (C=O) groups is 1. The largest absolute Gasteiger partial charge is 0.479 e. The van der Waals surface area contributed by atoms with E-state index in [1.165, 1.54) is 12.1 Å². The van der Waals surface area contributed by atoms with Crippen molar-refractivity contribution >= 4 is 33.5 Å². The van der Waals surface area contributed by atoms with E-state index in [0.29, 0.717) is 9.50 Å². The Bertz CT molecular complexity index is 340. The second-order valence-electron chi connectivity index (χ2n) is 2.41. The van der Waals surface area contributed by atoms with Crippen molar-refractivity contribution in [3.63, 3.8) is 0 Å². The SMILES string of the molecule is O=C(O)C(O)c1ccc(Br)c(Cl)c1. The molecular weight excluding hydrogens is 259 g/mol. The van der Waals surface area contributed by atoms with Gasteiger partial charge in [-0.3, -0.25) is 0 Å². The van der Waals surface area contributed by atoms with Crippen molar-refractivity contribution in [1.82, 2.24) is 0 Å². The summed E-state index contributed by atoms with van der Waals surface area (Å²) in [4.78, 5) is 10.4. The average molecular weight is 265 g/mol. The predicted octanol–water partition coefficient (Wildman–Crippen LogP) is 2.22. The summed E-state index contributed by atoms with van der Waals surface area (Å²) >= 11 is 8.87. The van der Waals surface area contributed by atoms with Crippen molar-refractivity contribution in [2.75, 3.05) is 0 Å². The lowest BCUT2D eigenvalue weighted by Gasteiger charge is -2.06. The van der Waals surface area contributed by atoms with Crippen LogP contribution in [0.15, 0.2) is 22.7 Å². The maximum absolute atomic E-state index is 10.4. The number of carboxylic acids is 1. The van der Waals surface area contributed by atoms with E-state index >= 15 is 0 Å². The quantitative estimate of drug-likeness (QED) is 0.862. The van der Waals surface area contributed by atoms with Gasteiger partial charge >= 0.3 is 5.97 Å². The van der Waals surface area contributed by atoms with Crippen LogP contribution in [-0.2, 0) is 4.79 Å². The fourth-order valence-corrected chi connectivity index (χ4v) is 1.26. The van der Waals surface area contributed by atoms with Gasteiger partial charge in [-0.25, -0.2) is 4.79 Å². The molecule has 0 saturated carbocycles. The maximum atomic E-state index is 10.4. The molecule has 1 aromatic rings. The summed E-state index contributed by atoms with van der Waals surface area (Å²) in [7, 11) is 0. The van der Waals surface area contributed by atoms with E-state index in [1.807, 2.05) is 0 Å². The molecule has 1 rings (SSSR count). The smallest absolute Gasteiger partial charge is 0.337 e. The predicted molar refractivity (Wildman–Crippen MR) is 51.7 cm³/mol. The summed E-state index contributed by atoms with van der Waals surface area (Å²) in [6, 6.07) is 4.49. The molecule has 0 saturated heterocycles. The Labute approximate surface area is 88.1 Å². The lowest BCUT2D eigenvalue weighted by molar-refractivity contribution is -0.146. The fraction of sp³-hybridized carbons (Fsp3) is 0.125. The summed E-state index contributed by atoms with van der Waals surface area (Å²) in [5, 5.41) is 18.0. The molecule has 1 aromatic carbocycles. The zero-order chi connectivity index (χ0) is 10.0. The monoisotopic (exact) mass is 264 g/mol. The highest BCUT2D eigenvalue weighted by atomic mass is 79.9. The minimum absolute atomic E-state index is 0.265. The Balaban J connectivity index is 3.03. The Kier molecular flexibility index (Phi) is 3.30. The number of benzene rings is 1. The highest BCUT2D eigenvalue weighted by Crippen LogP contribution is 2.25. The van der Waals surface area contributed by atoms with Crippen molar-refractivity contribution < 1.29 is 15.0 Å². The summed E-state index contributed by atoms with van der Waals surface area (Å²) in [6.45, 7) is 0. The third kappa shape index (κ3) is 2.43. The molecule has 0 spiro atoms. The molecule has 3 nitrogen and oxygen atoms in total. The molecule has 0 radical (unpaired) electrons. The first-order chi connectivity index (χ1) is 6.02. The van der Waals surface area contributed by atoms with Gasteiger partial charge in [0.15, 0.2) is 6.10 Å². The minimum Gasteiger partial charge on any atom is -0.479 e. The number of hydrogen-bond donors (Lipinski definition) is 2. The summed E-state index contributed by atoms with van der Waals surface area (Å²) in [5.41, 5.74) is 0.265. The molecule has 0 aliphatic carbocycles. The molecule has 0 heterocycles. The van der Waals surface area contributed by atoms with E-state index in [1.54, 1.807) is 6.07 Å². The minimum atomic E-state index is -1.52. The van der Waals surface area contributed by atoms with E-state index in [-0.39, 0.29) is 5.56 Å². The fourth-order valence-electron chi connectivity index (χ4n) is 0.825. The van der Waals surface area contributed by atoms with Crippen LogP contribution in [0.5, 0.6) is 0 Å². The van der Waals surface area contributed by atoms with Crippen LogP contribution in [0.25, 0.3) is 0 Å². The van der Waals surface area contributed by atoms with Crippen LogP contribution in [0.3, 0.4) is 0 Å². The molecular formula is C8H6BrClO3. The average Bonchev–Trinajstić information content (AvgIpc) is 2.08. The first-order valence-corrected chi connectivity index (χ1v) is 4.55. The van der Waals surface area contributed by atoms with Crippen molar-refractivity contribution in [2.24, 2.45) is 0 Å². The Morgan fingerprint density at radius 1 is 1.54 bits per heavy atom. The Morgan fingerprint density at radius 3 is 2.62 bits per heavy atom. The molecule has 0 aliphatic heterocycles. The molecule has 5 heteroatoms. The first-order valence-electron chi connectivity index (χ1n) is 3.38. The van der Waals surface area contributed by atoms with Gasteiger partial charge < -0.3 is 10.2 Å². The lowest BCUT2D eigenvalue weighted by Crippen LogP contribution is -2.10. The van der Waals surface area contributed by atoms with E-state index in [0.717, 1.165) is 0 Å². The van der Waals surface area contributed by atoms with Gasteiger partial charge in [-0.1, -0.05) is 17.7 Å². The van der Waals surface area contributed by atoms with Crippen LogP contribution in [-0.4, -0.2) is 16.2 Å². The second kappa shape index (κ2) is 4.09. The van der Waals surface area contributed by atoms with Crippen molar-refractivity contribution in [3.8, 4) is 0 Å². The molecule has 1 unspecified atom stereocenters. The third-order valence-corrected chi connectivity index (χ3v) is 2.73. The molecule has 0 bridgehead atoms. The first kappa shape index (κ1) is 10.5.